The molecule has 124 valence electrons. The molecule has 8 heteroatoms. The van der Waals surface area contributed by atoms with Crippen molar-refractivity contribution in [2.24, 2.45) is 0 Å². The van der Waals surface area contributed by atoms with Gasteiger partial charge in [-0.1, -0.05) is 0 Å². The molecular formula is C16H12O8. The fourth-order valence-electron chi connectivity index (χ4n) is 2.18. The predicted octanol–water partition coefficient (Wildman–Crippen LogP) is 2.61. The quantitative estimate of drug-likeness (QED) is 0.859. The molecule has 0 fully saturated rings. The van der Waals surface area contributed by atoms with Gasteiger partial charge in [-0.25, -0.2) is 9.59 Å². The van der Waals surface area contributed by atoms with E-state index in [0.717, 1.165) is 0 Å². The largest absolute Gasteiger partial charge is 0.493 e. The number of hydrogen-bond donors (Lipinski definition) is 2. The number of rotatable bonds is 5. The van der Waals surface area contributed by atoms with E-state index >= 15 is 0 Å². The van der Waals surface area contributed by atoms with Crippen LogP contribution in [0.5, 0.6) is 28.7 Å². The lowest BCUT2D eigenvalue weighted by atomic mass is 10.1. The Morgan fingerprint density at radius 3 is 2.33 bits per heavy atom. The maximum Gasteiger partial charge on any atom is 0.335 e. The van der Waals surface area contributed by atoms with Gasteiger partial charge in [0, 0.05) is 0 Å². The Kier molecular flexibility index (Phi) is 3.87. The van der Waals surface area contributed by atoms with Crippen LogP contribution in [0.25, 0.3) is 0 Å². The molecule has 0 spiro atoms. The molecule has 8 nitrogen and oxygen atoms in total. The molecule has 0 radical (unpaired) electrons. The molecule has 2 N–H and O–H groups in total. The van der Waals surface area contributed by atoms with E-state index in [1.165, 1.54) is 37.4 Å². The summed E-state index contributed by atoms with van der Waals surface area (Å²) in [6.07, 6.45) is 0. The van der Waals surface area contributed by atoms with Crippen molar-refractivity contribution < 1.29 is 38.7 Å². The van der Waals surface area contributed by atoms with E-state index in [9.17, 15) is 9.59 Å². The van der Waals surface area contributed by atoms with Gasteiger partial charge >= 0.3 is 11.9 Å². The number of benzene rings is 2. The first-order valence-corrected chi connectivity index (χ1v) is 6.75. The van der Waals surface area contributed by atoms with Crippen LogP contribution in [-0.4, -0.2) is 36.1 Å². The summed E-state index contributed by atoms with van der Waals surface area (Å²) in [4.78, 5) is 22.2. The zero-order valence-corrected chi connectivity index (χ0v) is 12.4. The van der Waals surface area contributed by atoms with E-state index in [1.807, 2.05) is 0 Å². The third kappa shape index (κ3) is 2.76. The number of hydrogen-bond acceptors (Lipinski definition) is 6. The average molecular weight is 332 g/mol. The van der Waals surface area contributed by atoms with Crippen molar-refractivity contribution in [3.8, 4) is 28.7 Å². The minimum Gasteiger partial charge on any atom is -0.493 e. The second kappa shape index (κ2) is 5.99. The summed E-state index contributed by atoms with van der Waals surface area (Å²) in [6.45, 7) is -0.0517. The summed E-state index contributed by atoms with van der Waals surface area (Å²) in [6, 6.07) is 6.69. The molecule has 2 aromatic rings. The number of aromatic carboxylic acids is 2. The van der Waals surface area contributed by atoms with Gasteiger partial charge in [0.15, 0.2) is 23.0 Å². The summed E-state index contributed by atoms with van der Waals surface area (Å²) < 4.78 is 21.3. The first-order valence-electron chi connectivity index (χ1n) is 6.75. The van der Waals surface area contributed by atoms with Gasteiger partial charge in [0.1, 0.15) is 0 Å². The highest BCUT2D eigenvalue weighted by molar-refractivity contribution is 5.90. The topological polar surface area (TPSA) is 112 Å². The smallest absolute Gasteiger partial charge is 0.335 e. The molecule has 0 bridgehead atoms. The van der Waals surface area contributed by atoms with Crippen LogP contribution in [0.3, 0.4) is 0 Å². The van der Waals surface area contributed by atoms with Crippen molar-refractivity contribution in [1.82, 2.24) is 0 Å². The Morgan fingerprint density at radius 2 is 1.67 bits per heavy atom. The lowest BCUT2D eigenvalue weighted by Crippen LogP contribution is -2.00. The summed E-state index contributed by atoms with van der Waals surface area (Å²) in [5.41, 5.74) is -0.00123. The lowest BCUT2D eigenvalue weighted by Gasteiger charge is -2.13. The van der Waals surface area contributed by atoms with Gasteiger partial charge in [0.05, 0.1) is 18.2 Å². The fourth-order valence-corrected chi connectivity index (χ4v) is 2.18. The highest BCUT2D eigenvalue weighted by Crippen LogP contribution is 2.45. The van der Waals surface area contributed by atoms with Gasteiger partial charge in [-0.3, -0.25) is 0 Å². The van der Waals surface area contributed by atoms with Crippen LogP contribution < -0.4 is 18.9 Å². The molecule has 0 amide bonds. The van der Waals surface area contributed by atoms with Gasteiger partial charge in [-0.05, 0) is 30.3 Å². The van der Waals surface area contributed by atoms with E-state index in [1.54, 1.807) is 0 Å². The van der Waals surface area contributed by atoms with Crippen molar-refractivity contribution in [3.05, 3.63) is 41.5 Å². The van der Waals surface area contributed by atoms with Crippen LogP contribution >= 0.6 is 0 Å². The number of fused-ring (bicyclic) bond motifs is 1. The number of ether oxygens (including phenoxy) is 4. The Balaban J connectivity index is 2.02. The molecule has 0 saturated carbocycles. The maximum absolute atomic E-state index is 11.2. The Hall–Kier alpha value is -3.42. The normalized spacial score (nSPS) is 11.9. The second-order valence-electron chi connectivity index (χ2n) is 4.79. The number of carbonyl (C=O) groups is 2. The van der Waals surface area contributed by atoms with Crippen molar-refractivity contribution in [3.63, 3.8) is 0 Å². The molecule has 0 unspecified atom stereocenters. The molecule has 1 heterocycles. The zero-order chi connectivity index (χ0) is 17.3. The van der Waals surface area contributed by atoms with Crippen LogP contribution in [0.4, 0.5) is 0 Å². The van der Waals surface area contributed by atoms with Crippen LogP contribution in [-0.2, 0) is 0 Å². The van der Waals surface area contributed by atoms with Crippen molar-refractivity contribution in [2.45, 2.75) is 0 Å². The highest BCUT2D eigenvalue weighted by atomic mass is 16.7. The molecule has 2 aromatic carbocycles. The van der Waals surface area contributed by atoms with Crippen LogP contribution in [0, 0.1) is 0 Å². The van der Waals surface area contributed by atoms with Crippen LogP contribution in [0.2, 0.25) is 0 Å². The molecule has 0 saturated heterocycles. The average Bonchev–Trinajstić information content (AvgIpc) is 3.03. The summed E-state index contributed by atoms with van der Waals surface area (Å²) >= 11 is 0. The standard InChI is InChI=1S/C16H12O8/c1-21-11-4-8(15(17)18)2-3-10(11)24-13-6-9(16(19)20)5-12-14(13)23-7-22-12/h2-6H,7H2,1H3,(H,17,18)(H,19,20). The Morgan fingerprint density at radius 1 is 0.958 bits per heavy atom. The van der Waals surface area contributed by atoms with E-state index in [-0.39, 0.29) is 46.7 Å². The van der Waals surface area contributed by atoms with Crippen LogP contribution in [0.15, 0.2) is 30.3 Å². The van der Waals surface area contributed by atoms with Crippen molar-refractivity contribution in [1.29, 1.82) is 0 Å². The monoisotopic (exact) mass is 332 g/mol. The SMILES string of the molecule is COc1cc(C(=O)O)ccc1Oc1cc(C(=O)O)cc2c1OCO2. The zero-order valence-electron chi connectivity index (χ0n) is 12.4. The van der Waals surface area contributed by atoms with Gasteiger partial charge in [-0.15, -0.1) is 0 Å². The molecular weight excluding hydrogens is 320 g/mol. The number of carboxylic acids is 2. The molecule has 0 atom stereocenters. The van der Waals surface area contributed by atoms with E-state index in [4.69, 9.17) is 29.2 Å². The summed E-state index contributed by atoms with van der Waals surface area (Å²) in [5.74, 6) is -1.21. The molecule has 0 aliphatic carbocycles. The molecule has 24 heavy (non-hydrogen) atoms. The molecule has 0 aromatic heterocycles. The summed E-state index contributed by atoms with van der Waals surface area (Å²) in [5, 5.41) is 18.2. The van der Waals surface area contributed by atoms with E-state index in [0.29, 0.717) is 0 Å². The van der Waals surface area contributed by atoms with Crippen LogP contribution in [0.1, 0.15) is 20.7 Å². The number of carboxylic acid groups (broad SMARTS) is 2. The molecule has 1 aliphatic heterocycles. The lowest BCUT2D eigenvalue weighted by molar-refractivity contribution is 0.0685. The van der Waals surface area contributed by atoms with E-state index < -0.39 is 11.9 Å². The minimum atomic E-state index is -1.15. The Bertz CT molecular complexity index is 827. The van der Waals surface area contributed by atoms with Crippen molar-refractivity contribution >= 4 is 11.9 Å². The summed E-state index contributed by atoms with van der Waals surface area (Å²) in [7, 11) is 1.37. The van der Waals surface area contributed by atoms with E-state index in [2.05, 4.69) is 0 Å². The minimum absolute atomic E-state index is 0.0308. The third-order valence-electron chi connectivity index (χ3n) is 3.32. The first-order chi connectivity index (χ1) is 11.5. The van der Waals surface area contributed by atoms with Gasteiger partial charge in [0.25, 0.3) is 0 Å². The maximum atomic E-state index is 11.2. The first kappa shape index (κ1) is 15.5. The van der Waals surface area contributed by atoms with Gasteiger partial charge in [0.2, 0.25) is 12.5 Å². The number of methoxy groups -OCH3 is 1. The third-order valence-corrected chi connectivity index (χ3v) is 3.32. The highest BCUT2D eigenvalue weighted by Gasteiger charge is 2.24. The van der Waals surface area contributed by atoms with Gasteiger partial charge in [-0.2, -0.15) is 0 Å². The van der Waals surface area contributed by atoms with Gasteiger partial charge < -0.3 is 29.2 Å². The van der Waals surface area contributed by atoms with Crippen molar-refractivity contribution in [2.75, 3.05) is 13.9 Å². The second-order valence-corrected chi connectivity index (χ2v) is 4.79. The molecule has 3 rings (SSSR count). The Labute approximate surface area is 135 Å². The fraction of sp³-hybridized carbons (Fsp3) is 0.125. The molecule has 1 aliphatic rings. The predicted molar refractivity (Wildman–Crippen MR) is 79.6 cm³/mol.